The summed E-state index contributed by atoms with van der Waals surface area (Å²) in [6.07, 6.45) is -0.651. The molecular formula is C22H21F5N4O2. The number of aryl methyl sites for hydroxylation is 1. The highest BCUT2D eigenvalue weighted by Crippen LogP contribution is 2.43. The number of ether oxygens (including phenoxy) is 1. The summed E-state index contributed by atoms with van der Waals surface area (Å²) in [4.78, 5) is 6.61. The van der Waals surface area contributed by atoms with E-state index in [4.69, 9.17) is 4.74 Å². The van der Waals surface area contributed by atoms with Gasteiger partial charge < -0.3 is 14.7 Å². The van der Waals surface area contributed by atoms with Crippen LogP contribution in [0, 0.1) is 11.6 Å². The van der Waals surface area contributed by atoms with E-state index in [2.05, 4.69) is 15.0 Å². The van der Waals surface area contributed by atoms with E-state index in [1.54, 1.807) is 13.1 Å². The minimum Gasteiger partial charge on any atom is -0.503 e. The zero-order valence-corrected chi connectivity index (χ0v) is 17.9. The van der Waals surface area contributed by atoms with E-state index >= 15 is 0 Å². The maximum Gasteiger partial charge on any atom is 0.419 e. The molecule has 2 aromatic heterocycles. The Morgan fingerprint density at radius 3 is 2.55 bits per heavy atom. The van der Waals surface area contributed by atoms with Crippen molar-refractivity contribution < 1.29 is 31.8 Å². The molecule has 1 aromatic carbocycles. The van der Waals surface area contributed by atoms with Crippen molar-refractivity contribution in [2.24, 2.45) is 7.05 Å². The molecule has 5 rings (SSSR count). The highest BCUT2D eigenvalue weighted by atomic mass is 19.4. The second-order valence-corrected chi connectivity index (χ2v) is 8.80. The second-order valence-electron chi connectivity index (χ2n) is 8.80. The Kier molecular flexibility index (Phi) is 4.82. The van der Waals surface area contributed by atoms with Gasteiger partial charge in [0.1, 0.15) is 11.5 Å². The molecule has 1 aliphatic carbocycles. The largest absolute Gasteiger partial charge is 0.503 e. The molecule has 3 heterocycles. The Morgan fingerprint density at radius 1 is 1.18 bits per heavy atom. The predicted octanol–water partition coefficient (Wildman–Crippen LogP) is 4.79. The maximum atomic E-state index is 14.7. The number of halogens is 5. The quantitative estimate of drug-likeness (QED) is 0.549. The smallest absolute Gasteiger partial charge is 0.419 e. The third-order valence-corrected chi connectivity index (χ3v) is 6.64. The molecule has 11 heteroatoms. The number of phenolic OH excluding ortho intramolecular Hbond substituents is 1. The second kappa shape index (κ2) is 7.28. The minimum absolute atomic E-state index is 0.0645. The number of alkyl halides is 3. The van der Waals surface area contributed by atoms with Crippen molar-refractivity contribution in [3.05, 3.63) is 35.5 Å². The first-order chi connectivity index (χ1) is 15.5. The molecule has 33 heavy (non-hydrogen) atoms. The maximum absolute atomic E-state index is 14.7. The molecule has 1 unspecified atom stereocenters. The summed E-state index contributed by atoms with van der Waals surface area (Å²) in [5.74, 6) is -4.62. The summed E-state index contributed by atoms with van der Waals surface area (Å²) >= 11 is 0. The summed E-state index contributed by atoms with van der Waals surface area (Å²) in [7, 11) is 1.57. The molecule has 1 aliphatic heterocycles. The summed E-state index contributed by atoms with van der Waals surface area (Å²) in [5, 5.41) is 14.1. The number of phenols is 1. The van der Waals surface area contributed by atoms with Crippen molar-refractivity contribution in [1.82, 2.24) is 14.8 Å². The van der Waals surface area contributed by atoms with Crippen LogP contribution in [0.25, 0.3) is 22.2 Å². The molecule has 1 atom stereocenters. The fraction of sp³-hybridized carbons (Fsp3) is 0.455. The standard InChI is InChI=1S/C22H21F5N4O2/c1-11-9-33-21(4-3-5-21)10-31(11)16-7-15-13(8-28-16)19(29-30(15)2)12-6-14(22(25,26)27)18(24)20(32)17(12)23/h6-8,11,32H,3-5,9-10H2,1-2H3. The number of fused-ring (bicyclic) bond motifs is 1. The van der Waals surface area contributed by atoms with Gasteiger partial charge in [-0.15, -0.1) is 0 Å². The van der Waals surface area contributed by atoms with Crippen molar-refractivity contribution in [2.45, 2.75) is 44.0 Å². The topological polar surface area (TPSA) is 63.4 Å². The van der Waals surface area contributed by atoms with Gasteiger partial charge in [0.05, 0.1) is 29.3 Å². The summed E-state index contributed by atoms with van der Waals surface area (Å²) < 4.78 is 75.7. The van der Waals surface area contributed by atoms with E-state index in [1.807, 2.05) is 6.92 Å². The number of anilines is 1. The Bertz CT molecular complexity index is 1250. The van der Waals surface area contributed by atoms with Crippen molar-refractivity contribution >= 4 is 16.7 Å². The summed E-state index contributed by atoms with van der Waals surface area (Å²) in [5.41, 5.74) is -2.27. The third-order valence-electron chi connectivity index (χ3n) is 6.64. The van der Waals surface area contributed by atoms with Gasteiger partial charge in [0.15, 0.2) is 17.4 Å². The van der Waals surface area contributed by atoms with Crippen LogP contribution in [0.15, 0.2) is 18.3 Å². The molecule has 6 nitrogen and oxygen atoms in total. The molecule has 2 aliphatic rings. The van der Waals surface area contributed by atoms with Crippen LogP contribution in [0.2, 0.25) is 0 Å². The number of aromatic nitrogens is 3. The molecule has 176 valence electrons. The minimum atomic E-state index is -5.12. The monoisotopic (exact) mass is 468 g/mol. The molecule has 1 N–H and O–H groups in total. The average Bonchev–Trinajstić information content (AvgIpc) is 3.06. The number of pyridine rings is 1. The number of aromatic hydroxyl groups is 1. The van der Waals surface area contributed by atoms with Gasteiger partial charge in [-0.1, -0.05) is 0 Å². The fourth-order valence-electron chi connectivity index (χ4n) is 4.58. The van der Waals surface area contributed by atoms with Gasteiger partial charge in [0.2, 0.25) is 0 Å². The number of nitrogens with zero attached hydrogens (tertiary/aromatic N) is 4. The first kappa shape index (κ1) is 21.9. The van der Waals surface area contributed by atoms with Gasteiger partial charge in [-0.25, -0.2) is 13.8 Å². The van der Waals surface area contributed by atoms with Crippen LogP contribution in [0.3, 0.4) is 0 Å². The fourth-order valence-corrected chi connectivity index (χ4v) is 4.58. The van der Waals surface area contributed by atoms with Crippen LogP contribution in [0.5, 0.6) is 5.75 Å². The highest BCUT2D eigenvalue weighted by molar-refractivity contribution is 5.94. The lowest BCUT2D eigenvalue weighted by Crippen LogP contribution is -2.59. The van der Waals surface area contributed by atoms with E-state index in [0.717, 1.165) is 19.3 Å². The predicted molar refractivity (Wildman–Crippen MR) is 110 cm³/mol. The van der Waals surface area contributed by atoms with E-state index in [0.29, 0.717) is 30.6 Å². The van der Waals surface area contributed by atoms with Crippen LogP contribution in [0.4, 0.5) is 27.8 Å². The van der Waals surface area contributed by atoms with Gasteiger partial charge in [-0.2, -0.15) is 18.3 Å². The van der Waals surface area contributed by atoms with E-state index < -0.39 is 34.7 Å². The van der Waals surface area contributed by atoms with Crippen LogP contribution < -0.4 is 4.90 Å². The van der Waals surface area contributed by atoms with E-state index in [9.17, 15) is 27.1 Å². The highest BCUT2D eigenvalue weighted by Gasteiger charge is 2.44. The first-order valence-corrected chi connectivity index (χ1v) is 10.5. The normalized spacial score (nSPS) is 20.5. The molecule has 0 amide bonds. The number of rotatable bonds is 2. The van der Waals surface area contributed by atoms with Crippen molar-refractivity contribution in [3.8, 4) is 17.0 Å². The summed E-state index contributed by atoms with van der Waals surface area (Å²) in [6, 6.07) is 2.13. The van der Waals surface area contributed by atoms with Gasteiger partial charge in [0, 0.05) is 36.8 Å². The summed E-state index contributed by atoms with van der Waals surface area (Å²) in [6.45, 7) is 3.24. The third kappa shape index (κ3) is 3.40. The zero-order chi connectivity index (χ0) is 23.7. The Labute approximate surface area is 185 Å². The molecule has 2 fully saturated rings. The number of benzene rings is 1. The lowest BCUT2D eigenvalue weighted by Gasteiger charge is -2.51. The molecule has 3 aromatic rings. The van der Waals surface area contributed by atoms with Crippen LogP contribution in [-0.4, -0.2) is 44.7 Å². The molecule has 0 radical (unpaired) electrons. The Morgan fingerprint density at radius 2 is 1.91 bits per heavy atom. The molecule has 1 saturated carbocycles. The SMILES string of the molecule is CC1COC2(CCC2)CN1c1cc2c(cn1)c(-c1cc(C(F)(F)F)c(F)c(O)c1F)nn2C. The first-order valence-electron chi connectivity index (χ1n) is 10.5. The molecule has 1 saturated heterocycles. The van der Waals surface area contributed by atoms with Crippen LogP contribution in [0.1, 0.15) is 31.7 Å². The van der Waals surface area contributed by atoms with E-state index in [-0.39, 0.29) is 22.7 Å². The van der Waals surface area contributed by atoms with Gasteiger partial charge in [-0.3, -0.25) is 4.68 Å². The lowest BCUT2D eigenvalue weighted by atomic mass is 9.78. The van der Waals surface area contributed by atoms with Crippen molar-refractivity contribution in [2.75, 3.05) is 18.1 Å². The van der Waals surface area contributed by atoms with Crippen molar-refractivity contribution in [1.29, 1.82) is 0 Å². The van der Waals surface area contributed by atoms with Gasteiger partial charge in [-0.05, 0) is 32.3 Å². The van der Waals surface area contributed by atoms with Crippen LogP contribution >= 0.6 is 0 Å². The molecular weight excluding hydrogens is 447 g/mol. The van der Waals surface area contributed by atoms with E-state index in [1.165, 1.54) is 10.9 Å². The van der Waals surface area contributed by atoms with Crippen LogP contribution in [-0.2, 0) is 18.0 Å². The molecule has 1 spiro atoms. The zero-order valence-electron chi connectivity index (χ0n) is 17.9. The number of hydrogen-bond acceptors (Lipinski definition) is 5. The Balaban J connectivity index is 1.61. The number of hydrogen-bond donors (Lipinski definition) is 1. The van der Waals surface area contributed by atoms with Crippen molar-refractivity contribution in [3.63, 3.8) is 0 Å². The van der Waals surface area contributed by atoms with Gasteiger partial charge in [0.25, 0.3) is 0 Å². The molecule has 0 bridgehead atoms. The Hall–Kier alpha value is -2.95. The number of morpholine rings is 1. The average molecular weight is 468 g/mol. The van der Waals surface area contributed by atoms with Gasteiger partial charge >= 0.3 is 6.18 Å². The lowest BCUT2D eigenvalue weighted by molar-refractivity contribution is -0.140.